The molecule has 0 aliphatic carbocycles. The molecule has 0 radical (unpaired) electrons. The van der Waals surface area contributed by atoms with Crippen LogP contribution in [0.15, 0.2) is 30.7 Å². The van der Waals surface area contributed by atoms with Crippen LogP contribution in [0.3, 0.4) is 0 Å². The number of anilines is 1. The van der Waals surface area contributed by atoms with Crippen LogP contribution in [0.1, 0.15) is 12.8 Å². The number of aromatic nitrogens is 2. The first kappa shape index (κ1) is 12.4. The number of hydrogen-bond donors (Lipinski definition) is 2. The van der Waals surface area contributed by atoms with E-state index in [1.807, 2.05) is 31.7 Å². The summed E-state index contributed by atoms with van der Waals surface area (Å²) in [7, 11) is 1.88. The predicted octanol–water partition coefficient (Wildman–Crippen LogP) is 0.885. The minimum absolute atomic E-state index is 0.571. The third-order valence-electron chi connectivity index (χ3n) is 3.93. The fourth-order valence-electron chi connectivity index (χ4n) is 2.84. The van der Waals surface area contributed by atoms with E-state index in [1.54, 1.807) is 0 Å². The Morgan fingerprint density at radius 2 is 2.16 bits per heavy atom. The van der Waals surface area contributed by atoms with E-state index in [9.17, 15) is 5.11 Å². The molecule has 2 aromatic heterocycles. The summed E-state index contributed by atoms with van der Waals surface area (Å²) >= 11 is 0. The van der Waals surface area contributed by atoms with Gasteiger partial charge < -0.3 is 19.7 Å². The molecule has 1 fully saturated rings. The lowest BCUT2D eigenvalue weighted by molar-refractivity contribution is 0.0184. The van der Waals surface area contributed by atoms with E-state index in [0.717, 1.165) is 37.3 Å². The van der Waals surface area contributed by atoms with Crippen LogP contribution in [0.2, 0.25) is 0 Å². The Morgan fingerprint density at radius 1 is 1.37 bits per heavy atom. The second-order valence-electron chi connectivity index (χ2n) is 5.29. The molecule has 1 saturated heterocycles. The van der Waals surface area contributed by atoms with E-state index in [-0.39, 0.29) is 0 Å². The van der Waals surface area contributed by atoms with Gasteiger partial charge in [-0.25, -0.2) is 4.98 Å². The van der Waals surface area contributed by atoms with Gasteiger partial charge in [0.15, 0.2) is 5.82 Å². The van der Waals surface area contributed by atoms with Crippen molar-refractivity contribution >= 4 is 11.3 Å². The lowest BCUT2D eigenvalue weighted by atomic mass is 9.91. The molecule has 0 spiro atoms. The van der Waals surface area contributed by atoms with Crippen molar-refractivity contribution < 1.29 is 5.11 Å². The van der Waals surface area contributed by atoms with Gasteiger partial charge in [0, 0.05) is 38.2 Å². The van der Waals surface area contributed by atoms with Crippen LogP contribution in [0.25, 0.3) is 5.52 Å². The number of rotatable bonds is 3. The van der Waals surface area contributed by atoms with Crippen molar-refractivity contribution in [3.05, 3.63) is 30.7 Å². The Bertz CT molecular complexity index is 557. The smallest absolute Gasteiger partial charge is 0.152 e. The minimum atomic E-state index is -0.571. The SMILES string of the molecule is CNCC1(O)CCN(c2nccn3cccc23)CC1. The summed E-state index contributed by atoms with van der Waals surface area (Å²) in [5, 5.41) is 13.5. The van der Waals surface area contributed by atoms with Crippen molar-refractivity contribution in [3.63, 3.8) is 0 Å². The van der Waals surface area contributed by atoms with Gasteiger partial charge >= 0.3 is 0 Å². The third-order valence-corrected chi connectivity index (χ3v) is 3.93. The highest BCUT2D eigenvalue weighted by Crippen LogP contribution is 2.27. The Labute approximate surface area is 112 Å². The summed E-state index contributed by atoms with van der Waals surface area (Å²) < 4.78 is 2.08. The maximum absolute atomic E-state index is 10.4. The van der Waals surface area contributed by atoms with Crippen LogP contribution in [-0.2, 0) is 0 Å². The average molecular weight is 260 g/mol. The highest BCUT2D eigenvalue weighted by molar-refractivity contribution is 5.69. The fourth-order valence-corrected chi connectivity index (χ4v) is 2.84. The van der Waals surface area contributed by atoms with Crippen molar-refractivity contribution in [2.45, 2.75) is 18.4 Å². The number of hydrogen-bond acceptors (Lipinski definition) is 4. The van der Waals surface area contributed by atoms with Crippen molar-refractivity contribution in [3.8, 4) is 0 Å². The average Bonchev–Trinajstić information content (AvgIpc) is 2.88. The van der Waals surface area contributed by atoms with Crippen molar-refractivity contribution in [1.29, 1.82) is 0 Å². The molecule has 102 valence electrons. The van der Waals surface area contributed by atoms with Crippen molar-refractivity contribution in [2.75, 3.05) is 31.6 Å². The molecule has 3 heterocycles. The van der Waals surface area contributed by atoms with Crippen LogP contribution in [0.5, 0.6) is 0 Å². The van der Waals surface area contributed by atoms with Gasteiger partial charge in [-0.05, 0) is 32.0 Å². The maximum atomic E-state index is 10.4. The number of piperidine rings is 1. The van der Waals surface area contributed by atoms with Crippen LogP contribution < -0.4 is 10.2 Å². The summed E-state index contributed by atoms with van der Waals surface area (Å²) in [6.07, 6.45) is 7.37. The topological polar surface area (TPSA) is 52.8 Å². The second kappa shape index (κ2) is 4.83. The Balaban J connectivity index is 1.80. The number of nitrogens with one attached hydrogen (secondary N) is 1. The number of fused-ring (bicyclic) bond motifs is 1. The number of nitrogens with zero attached hydrogens (tertiary/aromatic N) is 3. The molecule has 2 N–H and O–H groups in total. The lowest BCUT2D eigenvalue weighted by Gasteiger charge is -2.38. The molecule has 0 amide bonds. The molecule has 19 heavy (non-hydrogen) atoms. The maximum Gasteiger partial charge on any atom is 0.152 e. The predicted molar refractivity (Wildman–Crippen MR) is 75.5 cm³/mol. The highest BCUT2D eigenvalue weighted by atomic mass is 16.3. The molecule has 1 aliphatic heterocycles. The molecule has 0 unspecified atom stereocenters. The zero-order valence-electron chi connectivity index (χ0n) is 11.2. The van der Waals surface area contributed by atoms with E-state index in [1.165, 1.54) is 0 Å². The highest BCUT2D eigenvalue weighted by Gasteiger charge is 2.32. The van der Waals surface area contributed by atoms with Crippen LogP contribution in [-0.4, -0.2) is 46.8 Å². The van der Waals surface area contributed by atoms with E-state index in [2.05, 4.69) is 25.7 Å². The van der Waals surface area contributed by atoms with Crippen molar-refractivity contribution in [1.82, 2.24) is 14.7 Å². The summed E-state index contributed by atoms with van der Waals surface area (Å²) in [6, 6.07) is 4.11. The van der Waals surface area contributed by atoms with Gasteiger partial charge in [0.2, 0.25) is 0 Å². The van der Waals surface area contributed by atoms with Gasteiger partial charge in [0.25, 0.3) is 0 Å². The number of aliphatic hydroxyl groups is 1. The molecular weight excluding hydrogens is 240 g/mol. The first-order valence-electron chi connectivity index (χ1n) is 6.75. The molecule has 1 aliphatic rings. The molecule has 0 atom stereocenters. The minimum Gasteiger partial charge on any atom is -0.388 e. The Morgan fingerprint density at radius 3 is 2.89 bits per heavy atom. The van der Waals surface area contributed by atoms with Crippen molar-refractivity contribution in [2.24, 2.45) is 0 Å². The monoisotopic (exact) mass is 260 g/mol. The summed E-state index contributed by atoms with van der Waals surface area (Å²) in [6.45, 7) is 2.34. The summed E-state index contributed by atoms with van der Waals surface area (Å²) in [5.41, 5.74) is 0.555. The first-order valence-corrected chi connectivity index (χ1v) is 6.75. The Hall–Kier alpha value is -1.59. The van der Waals surface area contributed by atoms with Gasteiger partial charge in [-0.15, -0.1) is 0 Å². The first-order chi connectivity index (χ1) is 9.22. The van der Waals surface area contributed by atoms with E-state index in [0.29, 0.717) is 6.54 Å². The molecule has 5 nitrogen and oxygen atoms in total. The lowest BCUT2D eigenvalue weighted by Crippen LogP contribution is -2.49. The van der Waals surface area contributed by atoms with Gasteiger partial charge in [-0.1, -0.05) is 0 Å². The van der Waals surface area contributed by atoms with Gasteiger partial charge in [-0.3, -0.25) is 0 Å². The van der Waals surface area contributed by atoms with Crippen LogP contribution in [0, 0.1) is 0 Å². The number of likely N-dealkylation sites (N-methyl/N-ethyl adjacent to an activating group) is 1. The molecular formula is C14H20N4O. The molecule has 5 heteroatoms. The zero-order chi connectivity index (χ0) is 13.3. The van der Waals surface area contributed by atoms with Gasteiger partial charge in [0.05, 0.1) is 11.1 Å². The quantitative estimate of drug-likeness (QED) is 0.860. The Kier molecular flexibility index (Phi) is 3.16. The molecule has 2 aromatic rings. The molecule has 0 saturated carbocycles. The van der Waals surface area contributed by atoms with Crippen LogP contribution in [0.4, 0.5) is 5.82 Å². The normalized spacial score (nSPS) is 18.9. The largest absolute Gasteiger partial charge is 0.388 e. The van der Waals surface area contributed by atoms with E-state index >= 15 is 0 Å². The molecule has 3 rings (SSSR count). The third kappa shape index (κ3) is 2.31. The molecule has 0 aromatic carbocycles. The molecule has 0 bridgehead atoms. The summed E-state index contributed by atoms with van der Waals surface area (Å²) in [4.78, 5) is 6.77. The van der Waals surface area contributed by atoms with Gasteiger partial charge in [-0.2, -0.15) is 0 Å². The van der Waals surface area contributed by atoms with Gasteiger partial charge in [0.1, 0.15) is 0 Å². The van der Waals surface area contributed by atoms with E-state index < -0.39 is 5.60 Å². The fraction of sp³-hybridized carbons (Fsp3) is 0.500. The van der Waals surface area contributed by atoms with Crippen LogP contribution >= 0.6 is 0 Å². The van der Waals surface area contributed by atoms with E-state index in [4.69, 9.17) is 0 Å². The zero-order valence-corrected chi connectivity index (χ0v) is 11.2. The standard InChI is InChI=1S/C14H20N4O/c1-15-11-14(19)4-8-18(9-5-14)13-12-3-2-7-17(12)10-6-16-13/h2-3,6-7,10,15,19H,4-5,8-9,11H2,1H3. The second-order valence-corrected chi connectivity index (χ2v) is 5.29. The summed E-state index contributed by atoms with van der Waals surface area (Å²) in [5.74, 6) is 1.01.